The number of benzene rings is 2. The molecule has 0 fully saturated rings. The van der Waals surface area contributed by atoms with Gasteiger partial charge in [-0.15, -0.1) is 5.10 Å². The molecule has 4 heterocycles. The molecule has 0 radical (unpaired) electrons. The van der Waals surface area contributed by atoms with Crippen LogP contribution in [0.1, 0.15) is 35.4 Å². The summed E-state index contributed by atoms with van der Waals surface area (Å²) in [6.07, 6.45) is 2.33. The first-order chi connectivity index (χ1) is 20.3. The van der Waals surface area contributed by atoms with E-state index in [1.807, 2.05) is 44.2 Å². The number of H-pyrrole nitrogens is 1. The molecule has 0 unspecified atom stereocenters. The molecule has 1 amide bonds. The summed E-state index contributed by atoms with van der Waals surface area (Å²) in [6, 6.07) is 14.5. The van der Waals surface area contributed by atoms with Crippen LogP contribution in [0.4, 0.5) is 10.5 Å². The molecule has 42 heavy (non-hydrogen) atoms. The lowest BCUT2D eigenvalue weighted by Gasteiger charge is -2.14. The maximum Gasteiger partial charge on any atom is 0.411 e. The highest BCUT2D eigenvalue weighted by Gasteiger charge is 2.30. The standard InChI is InChI=1S/C27H25N9O3.CH2O2/c1-15-4-9-21(35-14-28-33-34-35)19(12-15)20-13-24(37)36-22(10-11-23(36)31-20)26-29-16(2)25(32-26)17-5-7-18(8-6-17)30-27(38)39-3;2-1-3/h4-9,12-14,22H,10-11H2,1-3H3,(H,29,32)(H,30,38);1H,(H,2,3)/t22-;/m0./s1. The zero-order valence-electron chi connectivity index (χ0n) is 23.0. The number of fused-ring (bicyclic) bond motifs is 1. The van der Waals surface area contributed by atoms with Crippen LogP contribution in [0.15, 0.2) is 59.7 Å². The summed E-state index contributed by atoms with van der Waals surface area (Å²) in [5.41, 5.74) is 6.18. The molecule has 0 bridgehead atoms. The minimum atomic E-state index is -0.530. The molecule has 0 saturated heterocycles. The summed E-state index contributed by atoms with van der Waals surface area (Å²) < 4.78 is 7.93. The molecule has 14 nitrogen and oxygen atoms in total. The van der Waals surface area contributed by atoms with Crippen LogP contribution in [0, 0.1) is 13.8 Å². The van der Waals surface area contributed by atoms with Crippen molar-refractivity contribution in [2.24, 2.45) is 0 Å². The molecule has 1 aliphatic rings. The second kappa shape index (κ2) is 11.8. The van der Waals surface area contributed by atoms with Gasteiger partial charge in [-0.05, 0) is 55.0 Å². The van der Waals surface area contributed by atoms with Crippen LogP contribution < -0.4 is 10.9 Å². The van der Waals surface area contributed by atoms with Crippen molar-refractivity contribution in [3.63, 3.8) is 0 Å². The Morgan fingerprint density at radius 3 is 2.60 bits per heavy atom. The second-order valence-corrected chi connectivity index (χ2v) is 9.49. The van der Waals surface area contributed by atoms with Gasteiger partial charge in [0.05, 0.1) is 30.2 Å². The quantitative estimate of drug-likeness (QED) is 0.265. The highest BCUT2D eigenvalue weighted by Crippen LogP contribution is 2.33. The molecule has 0 saturated carbocycles. The summed E-state index contributed by atoms with van der Waals surface area (Å²) >= 11 is 0. The van der Waals surface area contributed by atoms with Crippen molar-refractivity contribution in [2.45, 2.75) is 32.7 Å². The maximum absolute atomic E-state index is 13.5. The van der Waals surface area contributed by atoms with E-state index in [1.165, 1.54) is 13.4 Å². The van der Waals surface area contributed by atoms with Crippen molar-refractivity contribution in [2.75, 3.05) is 12.4 Å². The number of tetrazole rings is 1. The fraction of sp³-hybridized carbons (Fsp3) is 0.214. The molecule has 6 rings (SSSR count). The van der Waals surface area contributed by atoms with Gasteiger partial charge in [0.2, 0.25) is 0 Å². The van der Waals surface area contributed by atoms with E-state index in [2.05, 4.69) is 30.6 Å². The average molecular weight is 570 g/mol. The first-order valence-corrected chi connectivity index (χ1v) is 12.9. The Bertz CT molecular complexity index is 1790. The number of imidazole rings is 1. The second-order valence-electron chi connectivity index (χ2n) is 9.49. The highest BCUT2D eigenvalue weighted by atomic mass is 16.5. The number of hydrogen-bond acceptors (Lipinski definition) is 9. The highest BCUT2D eigenvalue weighted by molar-refractivity contribution is 5.85. The summed E-state index contributed by atoms with van der Waals surface area (Å²) in [6.45, 7) is 3.69. The van der Waals surface area contributed by atoms with Crippen LogP contribution in [0.5, 0.6) is 0 Å². The maximum atomic E-state index is 13.5. The van der Waals surface area contributed by atoms with Crippen LogP contribution in [0.3, 0.4) is 0 Å². The first-order valence-electron chi connectivity index (χ1n) is 12.9. The number of carbonyl (C=O) groups is 2. The average Bonchev–Trinajstić information content (AvgIpc) is 3.74. The number of nitrogens with zero attached hydrogens (tertiary/aromatic N) is 7. The molecular formula is C28H27N9O5. The van der Waals surface area contributed by atoms with Gasteiger partial charge in [-0.2, -0.15) is 4.68 Å². The van der Waals surface area contributed by atoms with Crippen LogP contribution >= 0.6 is 0 Å². The SMILES string of the molecule is COC(=O)Nc1ccc(-c2nc([C@@H]3CCc4nc(-c5cc(C)ccc5-n5cnnn5)cc(=O)n43)[nH]c2C)cc1.O=CO. The van der Waals surface area contributed by atoms with E-state index < -0.39 is 6.09 Å². The number of ether oxygens (including phenoxy) is 1. The Hall–Kier alpha value is -5.66. The number of aromatic nitrogens is 8. The molecule has 0 spiro atoms. The molecular weight excluding hydrogens is 542 g/mol. The predicted octanol–water partition coefficient (Wildman–Crippen LogP) is 3.31. The van der Waals surface area contributed by atoms with Crippen LogP contribution in [0.25, 0.3) is 28.2 Å². The monoisotopic (exact) mass is 569 g/mol. The number of amides is 1. The fourth-order valence-corrected chi connectivity index (χ4v) is 4.97. The van der Waals surface area contributed by atoms with Gasteiger partial charge < -0.3 is 14.8 Å². The van der Waals surface area contributed by atoms with Gasteiger partial charge in [0, 0.05) is 35.0 Å². The summed E-state index contributed by atoms with van der Waals surface area (Å²) in [5, 5.41) is 21.0. The molecule has 5 aromatic rings. The van der Waals surface area contributed by atoms with Gasteiger partial charge in [-0.1, -0.05) is 23.8 Å². The Morgan fingerprint density at radius 2 is 1.90 bits per heavy atom. The molecule has 1 atom stereocenters. The van der Waals surface area contributed by atoms with Crippen molar-refractivity contribution in [3.05, 3.63) is 88.1 Å². The van der Waals surface area contributed by atoms with Gasteiger partial charge in [-0.25, -0.2) is 14.8 Å². The molecule has 1 aliphatic heterocycles. The Morgan fingerprint density at radius 1 is 1.14 bits per heavy atom. The van der Waals surface area contributed by atoms with Crippen LogP contribution in [-0.2, 0) is 16.0 Å². The van der Waals surface area contributed by atoms with Crippen LogP contribution in [0.2, 0.25) is 0 Å². The number of rotatable bonds is 5. The molecule has 14 heteroatoms. The van der Waals surface area contributed by atoms with Gasteiger partial charge in [0.25, 0.3) is 12.0 Å². The van der Waals surface area contributed by atoms with Crippen molar-refractivity contribution in [1.82, 2.24) is 39.7 Å². The van der Waals surface area contributed by atoms with E-state index in [0.717, 1.165) is 33.8 Å². The van der Waals surface area contributed by atoms with E-state index in [9.17, 15) is 9.59 Å². The normalized spacial score (nSPS) is 13.5. The number of carboxylic acid groups (broad SMARTS) is 1. The zero-order valence-corrected chi connectivity index (χ0v) is 23.0. The predicted molar refractivity (Wildman–Crippen MR) is 151 cm³/mol. The van der Waals surface area contributed by atoms with Gasteiger partial charge >= 0.3 is 6.09 Å². The van der Waals surface area contributed by atoms with Crippen molar-refractivity contribution in [1.29, 1.82) is 0 Å². The minimum Gasteiger partial charge on any atom is -0.483 e. The first kappa shape index (κ1) is 27.9. The Balaban J connectivity index is 0.00000113. The smallest absolute Gasteiger partial charge is 0.411 e. The van der Waals surface area contributed by atoms with Crippen molar-refractivity contribution in [3.8, 4) is 28.2 Å². The lowest BCUT2D eigenvalue weighted by molar-refractivity contribution is -0.122. The van der Waals surface area contributed by atoms with E-state index in [0.29, 0.717) is 35.9 Å². The topological polar surface area (TPSA) is 183 Å². The lowest BCUT2D eigenvalue weighted by atomic mass is 10.1. The largest absolute Gasteiger partial charge is 0.483 e. The summed E-state index contributed by atoms with van der Waals surface area (Å²) in [5.74, 6) is 1.42. The number of hydrogen-bond donors (Lipinski definition) is 3. The number of aryl methyl sites for hydroxylation is 3. The van der Waals surface area contributed by atoms with E-state index in [-0.39, 0.29) is 18.1 Å². The Labute approximate surface area is 239 Å². The third-order valence-corrected chi connectivity index (χ3v) is 6.81. The summed E-state index contributed by atoms with van der Waals surface area (Å²) in [7, 11) is 1.32. The van der Waals surface area contributed by atoms with Crippen LogP contribution in [-0.4, -0.2) is 64.5 Å². The molecule has 3 N–H and O–H groups in total. The van der Waals surface area contributed by atoms with Gasteiger partial charge in [0.1, 0.15) is 18.0 Å². The minimum absolute atomic E-state index is 0.143. The van der Waals surface area contributed by atoms with Gasteiger partial charge in [0.15, 0.2) is 0 Å². The fourth-order valence-electron chi connectivity index (χ4n) is 4.97. The van der Waals surface area contributed by atoms with E-state index >= 15 is 0 Å². The third kappa shape index (κ3) is 5.50. The van der Waals surface area contributed by atoms with Gasteiger partial charge in [-0.3, -0.25) is 19.5 Å². The molecule has 2 aromatic carbocycles. The van der Waals surface area contributed by atoms with Crippen molar-refractivity contribution >= 4 is 18.3 Å². The Kier molecular flexibility index (Phi) is 7.86. The third-order valence-electron chi connectivity index (χ3n) is 6.81. The lowest BCUT2D eigenvalue weighted by Crippen LogP contribution is -2.25. The van der Waals surface area contributed by atoms with E-state index in [4.69, 9.17) is 19.9 Å². The van der Waals surface area contributed by atoms with E-state index in [1.54, 1.807) is 27.4 Å². The number of nitrogens with one attached hydrogen (secondary N) is 2. The van der Waals surface area contributed by atoms with Crippen molar-refractivity contribution < 1.29 is 19.4 Å². The molecule has 3 aromatic heterocycles. The molecule has 0 aliphatic carbocycles. The number of methoxy groups -OCH3 is 1. The number of anilines is 1. The zero-order chi connectivity index (χ0) is 29.8. The molecule has 214 valence electrons. The summed E-state index contributed by atoms with van der Waals surface area (Å²) in [4.78, 5) is 46.4. The number of aromatic amines is 1. The number of carbonyl (C=O) groups excluding carboxylic acids is 1.